The first-order chi connectivity index (χ1) is 10.4. The Kier molecular flexibility index (Phi) is 5.14. The van der Waals surface area contributed by atoms with Gasteiger partial charge in [0.15, 0.2) is 0 Å². The molecule has 0 atom stereocenters. The Morgan fingerprint density at radius 2 is 1.95 bits per heavy atom. The van der Waals surface area contributed by atoms with E-state index in [1.54, 1.807) is 6.26 Å². The van der Waals surface area contributed by atoms with Crippen LogP contribution in [-0.2, 0) is 6.54 Å². The van der Waals surface area contributed by atoms with Crippen molar-refractivity contribution < 1.29 is 4.42 Å². The Hall–Kier alpha value is -1.07. The molecule has 0 unspecified atom stereocenters. The van der Waals surface area contributed by atoms with Crippen molar-refractivity contribution in [2.24, 2.45) is 0 Å². The van der Waals surface area contributed by atoms with Gasteiger partial charge in [-0.25, -0.2) is 0 Å². The molecule has 3 rings (SSSR count). The van der Waals surface area contributed by atoms with Crippen LogP contribution in [0.5, 0.6) is 0 Å². The highest BCUT2D eigenvalue weighted by Gasteiger charge is 2.27. The quantitative estimate of drug-likeness (QED) is 0.901. The summed E-state index contributed by atoms with van der Waals surface area (Å²) in [5.74, 6) is 0. The van der Waals surface area contributed by atoms with Crippen molar-refractivity contribution in [1.29, 1.82) is 0 Å². The van der Waals surface area contributed by atoms with Gasteiger partial charge in [0.2, 0.25) is 0 Å². The Morgan fingerprint density at radius 3 is 2.67 bits per heavy atom. The molecule has 1 aromatic heterocycles. The van der Waals surface area contributed by atoms with Gasteiger partial charge in [0.05, 0.1) is 5.69 Å². The van der Waals surface area contributed by atoms with Gasteiger partial charge in [0.25, 0.3) is 6.01 Å². The Morgan fingerprint density at radius 1 is 1.19 bits per heavy atom. The second-order valence-electron chi connectivity index (χ2n) is 6.22. The molecule has 0 amide bonds. The van der Waals surface area contributed by atoms with Crippen molar-refractivity contribution in [2.75, 3.05) is 37.6 Å². The summed E-state index contributed by atoms with van der Waals surface area (Å²) in [6, 6.07) is 1.58. The third kappa shape index (κ3) is 3.77. The SMILES string of the molecule is CCNCc1coc(N2CCC(N3CCCCC3)CC2)n1. The molecule has 0 bridgehead atoms. The van der Waals surface area contributed by atoms with Crippen LogP contribution in [0.2, 0.25) is 0 Å². The van der Waals surface area contributed by atoms with E-state index in [1.807, 2.05) is 0 Å². The van der Waals surface area contributed by atoms with Gasteiger partial charge in [-0.3, -0.25) is 0 Å². The van der Waals surface area contributed by atoms with E-state index < -0.39 is 0 Å². The van der Waals surface area contributed by atoms with E-state index in [1.165, 1.54) is 45.2 Å². The van der Waals surface area contributed by atoms with Crippen molar-refractivity contribution >= 4 is 6.01 Å². The van der Waals surface area contributed by atoms with Crippen LogP contribution >= 0.6 is 0 Å². The molecular formula is C16H28N4O. The highest BCUT2D eigenvalue weighted by Crippen LogP contribution is 2.24. The number of anilines is 1. The fourth-order valence-corrected chi connectivity index (χ4v) is 3.48. The Labute approximate surface area is 127 Å². The molecule has 118 valence electrons. The zero-order chi connectivity index (χ0) is 14.5. The molecule has 21 heavy (non-hydrogen) atoms. The van der Waals surface area contributed by atoms with Crippen LogP contribution in [0, 0.1) is 0 Å². The molecule has 5 nitrogen and oxygen atoms in total. The molecule has 3 heterocycles. The van der Waals surface area contributed by atoms with Crippen LogP contribution < -0.4 is 10.2 Å². The Bertz CT molecular complexity index is 420. The summed E-state index contributed by atoms with van der Waals surface area (Å²) >= 11 is 0. The molecular weight excluding hydrogens is 264 g/mol. The van der Waals surface area contributed by atoms with Crippen molar-refractivity contribution in [3.63, 3.8) is 0 Å². The number of hydrogen-bond acceptors (Lipinski definition) is 5. The van der Waals surface area contributed by atoms with Crippen molar-refractivity contribution in [3.8, 4) is 0 Å². The molecule has 0 saturated carbocycles. The molecule has 0 aromatic carbocycles. The maximum Gasteiger partial charge on any atom is 0.297 e. The molecule has 2 saturated heterocycles. The summed E-state index contributed by atoms with van der Waals surface area (Å²) in [4.78, 5) is 9.60. The number of nitrogens with one attached hydrogen (secondary N) is 1. The predicted octanol–water partition coefficient (Wildman–Crippen LogP) is 2.24. The number of hydrogen-bond donors (Lipinski definition) is 1. The predicted molar refractivity (Wildman–Crippen MR) is 84.5 cm³/mol. The van der Waals surface area contributed by atoms with Gasteiger partial charge in [0, 0.05) is 25.7 Å². The van der Waals surface area contributed by atoms with Gasteiger partial charge in [-0.1, -0.05) is 13.3 Å². The topological polar surface area (TPSA) is 44.5 Å². The van der Waals surface area contributed by atoms with Crippen LogP contribution in [0.15, 0.2) is 10.7 Å². The largest absolute Gasteiger partial charge is 0.432 e. The van der Waals surface area contributed by atoms with Crippen LogP contribution in [0.3, 0.4) is 0 Å². The minimum absolute atomic E-state index is 0.776. The maximum absolute atomic E-state index is 5.64. The number of aromatic nitrogens is 1. The van der Waals surface area contributed by atoms with Gasteiger partial charge in [-0.05, 0) is 45.3 Å². The van der Waals surface area contributed by atoms with Gasteiger partial charge in [-0.15, -0.1) is 0 Å². The number of oxazole rings is 1. The van der Waals surface area contributed by atoms with E-state index in [0.717, 1.165) is 43.9 Å². The van der Waals surface area contributed by atoms with Crippen LogP contribution in [0.1, 0.15) is 44.7 Å². The number of likely N-dealkylation sites (tertiary alicyclic amines) is 1. The smallest absolute Gasteiger partial charge is 0.297 e. The Balaban J connectivity index is 1.49. The molecule has 5 heteroatoms. The molecule has 0 aliphatic carbocycles. The molecule has 2 aliphatic heterocycles. The first-order valence-corrected chi connectivity index (χ1v) is 8.51. The van der Waals surface area contributed by atoms with Gasteiger partial charge in [-0.2, -0.15) is 4.98 Å². The fraction of sp³-hybridized carbons (Fsp3) is 0.812. The minimum Gasteiger partial charge on any atom is -0.432 e. The van der Waals surface area contributed by atoms with Crippen molar-refractivity contribution in [1.82, 2.24) is 15.2 Å². The maximum atomic E-state index is 5.64. The number of piperidine rings is 2. The van der Waals surface area contributed by atoms with E-state index in [9.17, 15) is 0 Å². The average molecular weight is 292 g/mol. The zero-order valence-electron chi connectivity index (χ0n) is 13.2. The van der Waals surface area contributed by atoms with E-state index in [0.29, 0.717) is 0 Å². The van der Waals surface area contributed by atoms with Gasteiger partial charge in [0.1, 0.15) is 6.26 Å². The summed E-state index contributed by atoms with van der Waals surface area (Å²) in [6.07, 6.45) is 8.45. The van der Waals surface area contributed by atoms with E-state index in [2.05, 4.69) is 27.0 Å². The first kappa shape index (κ1) is 14.9. The summed E-state index contributed by atoms with van der Waals surface area (Å²) in [7, 11) is 0. The number of nitrogens with zero attached hydrogens (tertiary/aromatic N) is 3. The fourth-order valence-electron chi connectivity index (χ4n) is 3.48. The standard InChI is InChI=1S/C16H28N4O/c1-2-17-12-14-13-21-16(18-14)20-10-6-15(7-11-20)19-8-4-3-5-9-19/h13,15,17H,2-12H2,1H3. The van der Waals surface area contributed by atoms with Gasteiger partial charge < -0.3 is 19.5 Å². The summed E-state index contributed by atoms with van der Waals surface area (Å²) in [5.41, 5.74) is 1.00. The molecule has 2 fully saturated rings. The lowest BCUT2D eigenvalue weighted by Gasteiger charge is -2.39. The molecule has 1 aromatic rings. The van der Waals surface area contributed by atoms with Crippen molar-refractivity contribution in [3.05, 3.63) is 12.0 Å². The lowest BCUT2D eigenvalue weighted by Crippen LogP contribution is -2.46. The molecule has 1 N–H and O–H groups in total. The summed E-state index contributed by atoms with van der Waals surface area (Å²) < 4.78 is 5.64. The lowest BCUT2D eigenvalue weighted by molar-refractivity contribution is 0.140. The second-order valence-corrected chi connectivity index (χ2v) is 6.22. The lowest BCUT2D eigenvalue weighted by atomic mass is 10.0. The number of rotatable bonds is 5. The monoisotopic (exact) mass is 292 g/mol. The van der Waals surface area contributed by atoms with Crippen LogP contribution in [-0.4, -0.2) is 48.6 Å². The molecule has 0 radical (unpaired) electrons. The molecule has 0 spiro atoms. The summed E-state index contributed by atoms with van der Waals surface area (Å²) in [5, 5.41) is 3.28. The summed E-state index contributed by atoms with van der Waals surface area (Å²) in [6.45, 7) is 8.61. The van der Waals surface area contributed by atoms with Crippen molar-refractivity contribution in [2.45, 2.75) is 51.6 Å². The third-order valence-electron chi connectivity index (χ3n) is 4.74. The second kappa shape index (κ2) is 7.27. The van der Waals surface area contributed by atoms with Gasteiger partial charge >= 0.3 is 0 Å². The van der Waals surface area contributed by atoms with E-state index >= 15 is 0 Å². The first-order valence-electron chi connectivity index (χ1n) is 8.51. The average Bonchev–Trinajstić information content (AvgIpc) is 3.03. The van der Waals surface area contributed by atoms with Crippen LogP contribution in [0.4, 0.5) is 6.01 Å². The van der Waals surface area contributed by atoms with Crippen LogP contribution in [0.25, 0.3) is 0 Å². The highest BCUT2D eigenvalue weighted by atomic mass is 16.4. The molecule has 2 aliphatic rings. The highest BCUT2D eigenvalue weighted by molar-refractivity contribution is 5.28. The van der Waals surface area contributed by atoms with E-state index in [4.69, 9.17) is 4.42 Å². The third-order valence-corrected chi connectivity index (χ3v) is 4.74. The normalized spacial score (nSPS) is 21.9. The van der Waals surface area contributed by atoms with E-state index in [-0.39, 0.29) is 0 Å². The minimum atomic E-state index is 0.776. The zero-order valence-corrected chi connectivity index (χ0v) is 13.2.